The Hall–Kier alpha value is -1.62. The number of piperazine rings is 1. The number of amides is 1. The third-order valence-electron chi connectivity index (χ3n) is 6.27. The standard InChI is InChI=1S/C20H32N4O/c1-4-15(5-2)16-12-18(13-16)24-10-8-23(9-11-24)17-6-7-19(22-14-17)20(25)21-3/h6-7,14-16,18H,4-5,8-13H2,1-3H3,(H,21,25). The number of hydrogen-bond acceptors (Lipinski definition) is 4. The summed E-state index contributed by atoms with van der Waals surface area (Å²) in [5, 5.41) is 2.61. The van der Waals surface area contributed by atoms with Crippen LogP contribution in [0.5, 0.6) is 0 Å². The van der Waals surface area contributed by atoms with Gasteiger partial charge in [0.2, 0.25) is 0 Å². The van der Waals surface area contributed by atoms with Crippen molar-refractivity contribution in [3.8, 4) is 0 Å². The summed E-state index contributed by atoms with van der Waals surface area (Å²) in [4.78, 5) is 20.9. The second-order valence-electron chi connectivity index (χ2n) is 7.47. The Morgan fingerprint density at radius 1 is 1.20 bits per heavy atom. The number of carbonyl (C=O) groups is 1. The zero-order valence-corrected chi connectivity index (χ0v) is 15.9. The fourth-order valence-electron chi connectivity index (χ4n) is 4.45. The summed E-state index contributed by atoms with van der Waals surface area (Å²) < 4.78 is 0. The van der Waals surface area contributed by atoms with Crippen LogP contribution in [0.2, 0.25) is 0 Å². The van der Waals surface area contributed by atoms with Crippen LogP contribution in [0.3, 0.4) is 0 Å². The molecule has 1 aliphatic carbocycles. The van der Waals surface area contributed by atoms with E-state index in [2.05, 4.69) is 33.9 Å². The minimum absolute atomic E-state index is 0.131. The van der Waals surface area contributed by atoms with Gasteiger partial charge in [-0.1, -0.05) is 26.7 Å². The van der Waals surface area contributed by atoms with Crippen LogP contribution < -0.4 is 10.2 Å². The van der Waals surface area contributed by atoms with E-state index in [1.807, 2.05) is 18.3 Å². The summed E-state index contributed by atoms with van der Waals surface area (Å²) in [6, 6.07) is 4.63. The number of aromatic nitrogens is 1. The third-order valence-corrected chi connectivity index (χ3v) is 6.27. The van der Waals surface area contributed by atoms with Crippen molar-refractivity contribution < 1.29 is 4.79 Å². The van der Waals surface area contributed by atoms with Crippen molar-refractivity contribution in [3.05, 3.63) is 24.0 Å². The van der Waals surface area contributed by atoms with Gasteiger partial charge < -0.3 is 10.2 Å². The highest BCUT2D eigenvalue weighted by Gasteiger charge is 2.37. The molecule has 138 valence electrons. The van der Waals surface area contributed by atoms with Gasteiger partial charge in [-0.3, -0.25) is 9.69 Å². The van der Waals surface area contributed by atoms with E-state index < -0.39 is 0 Å². The average Bonchev–Trinajstić information content (AvgIpc) is 2.64. The first-order chi connectivity index (χ1) is 12.2. The molecule has 2 heterocycles. The maximum absolute atomic E-state index is 11.6. The zero-order chi connectivity index (χ0) is 17.8. The highest BCUT2D eigenvalue weighted by molar-refractivity contribution is 5.92. The largest absolute Gasteiger partial charge is 0.368 e. The molecule has 1 saturated heterocycles. The van der Waals surface area contributed by atoms with Gasteiger partial charge in [0.05, 0.1) is 11.9 Å². The van der Waals surface area contributed by atoms with Crippen LogP contribution in [0, 0.1) is 11.8 Å². The van der Waals surface area contributed by atoms with Crippen LogP contribution >= 0.6 is 0 Å². The number of rotatable bonds is 6. The van der Waals surface area contributed by atoms with Crippen LogP contribution in [0.15, 0.2) is 18.3 Å². The number of nitrogens with zero attached hydrogens (tertiary/aromatic N) is 3. The maximum Gasteiger partial charge on any atom is 0.269 e. The van der Waals surface area contributed by atoms with Crippen molar-refractivity contribution in [1.82, 2.24) is 15.2 Å². The Morgan fingerprint density at radius 2 is 1.88 bits per heavy atom. The third kappa shape index (κ3) is 3.97. The van der Waals surface area contributed by atoms with Crippen molar-refractivity contribution >= 4 is 11.6 Å². The second kappa shape index (κ2) is 8.17. The van der Waals surface area contributed by atoms with E-state index in [9.17, 15) is 4.79 Å². The molecular formula is C20H32N4O. The lowest BCUT2D eigenvalue weighted by Crippen LogP contribution is -2.54. The summed E-state index contributed by atoms with van der Waals surface area (Å²) in [7, 11) is 1.63. The molecule has 1 aromatic heterocycles. The van der Waals surface area contributed by atoms with E-state index in [-0.39, 0.29) is 5.91 Å². The molecule has 5 heteroatoms. The molecule has 1 amide bonds. The number of anilines is 1. The summed E-state index contributed by atoms with van der Waals surface area (Å²) in [6.07, 6.45) is 7.29. The Morgan fingerprint density at radius 3 is 2.40 bits per heavy atom. The summed E-state index contributed by atoms with van der Waals surface area (Å²) >= 11 is 0. The van der Waals surface area contributed by atoms with Gasteiger partial charge in [-0.2, -0.15) is 0 Å². The van der Waals surface area contributed by atoms with Crippen molar-refractivity contribution in [3.63, 3.8) is 0 Å². The lowest BCUT2D eigenvalue weighted by Gasteiger charge is -2.48. The van der Waals surface area contributed by atoms with Gasteiger partial charge in [0, 0.05) is 39.3 Å². The zero-order valence-electron chi connectivity index (χ0n) is 15.9. The minimum Gasteiger partial charge on any atom is -0.368 e. The van der Waals surface area contributed by atoms with Crippen molar-refractivity contribution in [1.29, 1.82) is 0 Å². The molecule has 5 nitrogen and oxygen atoms in total. The fourth-order valence-corrected chi connectivity index (χ4v) is 4.45. The molecule has 0 unspecified atom stereocenters. The number of pyridine rings is 1. The molecule has 2 fully saturated rings. The topological polar surface area (TPSA) is 48.5 Å². The predicted octanol–water partition coefficient (Wildman–Crippen LogP) is 2.78. The number of nitrogens with one attached hydrogen (secondary N) is 1. The van der Waals surface area contributed by atoms with Crippen molar-refractivity contribution in [2.45, 2.75) is 45.6 Å². The number of carbonyl (C=O) groups excluding carboxylic acids is 1. The highest BCUT2D eigenvalue weighted by Crippen LogP contribution is 2.40. The van der Waals surface area contributed by atoms with Crippen LogP contribution in [-0.2, 0) is 0 Å². The van der Waals surface area contributed by atoms with Crippen molar-refractivity contribution in [2.75, 3.05) is 38.1 Å². The fraction of sp³-hybridized carbons (Fsp3) is 0.700. The van der Waals surface area contributed by atoms with Gasteiger partial charge >= 0.3 is 0 Å². The van der Waals surface area contributed by atoms with Gasteiger partial charge in [-0.15, -0.1) is 0 Å². The van der Waals surface area contributed by atoms with Gasteiger partial charge in [-0.25, -0.2) is 4.98 Å². The molecule has 25 heavy (non-hydrogen) atoms. The van der Waals surface area contributed by atoms with Crippen molar-refractivity contribution in [2.24, 2.45) is 11.8 Å². The maximum atomic E-state index is 11.6. The van der Waals surface area contributed by atoms with Gasteiger partial charge in [0.1, 0.15) is 5.69 Å². The van der Waals surface area contributed by atoms with Crippen LogP contribution in [-0.4, -0.2) is 55.1 Å². The SMILES string of the molecule is CCC(CC)C1CC(N2CCN(c3ccc(C(=O)NC)nc3)CC2)C1. The summed E-state index contributed by atoms with van der Waals surface area (Å²) in [6.45, 7) is 9.04. The first-order valence-corrected chi connectivity index (χ1v) is 9.83. The summed E-state index contributed by atoms with van der Waals surface area (Å²) in [5.74, 6) is 1.76. The van der Waals surface area contributed by atoms with Gasteiger partial charge in [-0.05, 0) is 36.8 Å². The summed E-state index contributed by atoms with van der Waals surface area (Å²) in [5.41, 5.74) is 1.60. The normalized spacial score (nSPS) is 24.2. The first kappa shape index (κ1) is 18.2. The molecule has 0 bridgehead atoms. The Labute approximate surface area is 151 Å². The first-order valence-electron chi connectivity index (χ1n) is 9.83. The minimum atomic E-state index is -0.131. The molecule has 1 saturated carbocycles. The van der Waals surface area contributed by atoms with E-state index in [1.54, 1.807) is 7.05 Å². The molecule has 0 radical (unpaired) electrons. The van der Waals surface area contributed by atoms with E-state index in [4.69, 9.17) is 0 Å². The predicted molar refractivity (Wildman–Crippen MR) is 102 cm³/mol. The van der Waals surface area contributed by atoms with Gasteiger partial charge in [0.25, 0.3) is 5.91 Å². The van der Waals surface area contributed by atoms with E-state index >= 15 is 0 Å². The highest BCUT2D eigenvalue weighted by atomic mass is 16.1. The molecule has 0 spiro atoms. The van der Waals surface area contributed by atoms with Crippen LogP contribution in [0.1, 0.15) is 50.0 Å². The molecule has 1 aliphatic heterocycles. The molecule has 1 N–H and O–H groups in total. The smallest absolute Gasteiger partial charge is 0.269 e. The Bertz CT molecular complexity index is 556. The van der Waals surface area contributed by atoms with Gasteiger partial charge in [0.15, 0.2) is 0 Å². The van der Waals surface area contributed by atoms with E-state index in [0.717, 1.165) is 49.7 Å². The van der Waals surface area contributed by atoms with E-state index in [0.29, 0.717) is 5.69 Å². The van der Waals surface area contributed by atoms with Crippen LogP contribution in [0.25, 0.3) is 0 Å². The molecule has 0 aromatic carbocycles. The molecule has 1 aromatic rings. The number of hydrogen-bond donors (Lipinski definition) is 1. The average molecular weight is 345 g/mol. The lowest BCUT2D eigenvalue weighted by atomic mass is 9.70. The van der Waals surface area contributed by atoms with Crippen LogP contribution in [0.4, 0.5) is 5.69 Å². The molecular weight excluding hydrogens is 312 g/mol. The monoisotopic (exact) mass is 344 g/mol. The molecule has 0 atom stereocenters. The second-order valence-corrected chi connectivity index (χ2v) is 7.47. The lowest BCUT2D eigenvalue weighted by molar-refractivity contribution is 0.0411. The quantitative estimate of drug-likeness (QED) is 0.862. The Kier molecular flexibility index (Phi) is 5.94. The molecule has 2 aliphatic rings. The Balaban J connectivity index is 1.47. The van der Waals surface area contributed by atoms with E-state index in [1.165, 1.54) is 25.7 Å². The molecule has 3 rings (SSSR count).